The molecule has 0 fully saturated rings. The second kappa shape index (κ2) is 4.73. The van der Waals surface area contributed by atoms with E-state index in [4.69, 9.17) is 0 Å². The molecule has 2 rings (SSSR count). The van der Waals surface area contributed by atoms with Gasteiger partial charge in [-0.1, -0.05) is 38.5 Å². The molecule has 0 spiro atoms. The van der Waals surface area contributed by atoms with E-state index in [1.807, 2.05) is 18.2 Å². The first-order chi connectivity index (χ1) is 8.45. The van der Waals surface area contributed by atoms with Crippen LogP contribution in [0.15, 0.2) is 24.3 Å². The quantitative estimate of drug-likeness (QED) is 0.842. The summed E-state index contributed by atoms with van der Waals surface area (Å²) >= 11 is 0. The van der Waals surface area contributed by atoms with Gasteiger partial charge in [0.2, 0.25) is 5.91 Å². The van der Waals surface area contributed by atoms with Crippen molar-refractivity contribution in [3.63, 3.8) is 0 Å². The normalized spacial score (nSPS) is 23.8. The summed E-state index contributed by atoms with van der Waals surface area (Å²) in [6.07, 6.45) is 0.984. The second-order valence-electron chi connectivity index (χ2n) is 5.67. The highest BCUT2D eigenvalue weighted by atomic mass is 16.2. The fraction of sp³-hybridized carbons (Fsp3) is 0.533. The molecule has 3 heteroatoms. The molecule has 1 aromatic rings. The van der Waals surface area contributed by atoms with Gasteiger partial charge in [0.05, 0.1) is 6.04 Å². The number of para-hydroxylation sites is 1. The van der Waals surface area contributed by atoms with E-state index in [1.165, 1.54) is 0 Å². The van der Waals surface area contributed by atoms with Crippen molar-refractivity contribution >= 4 is 11.6 Å². The predicted octanol–water partition coefficient (Wildman–Crippen LogP) is 2.88. The zero-order chi connectivity index (χ0) is 13.3. The van der Waals surface area contributed by atoms with Gasteiger partial charge in [0.1, 0.15) is 0 Å². The zero-order valence-corrected chi connectivity index (χ0v) is 11.6. The number of fused-ring (bicyclic) bond motifs is 1. The lowest BCUT2D eigenvalue weighted by atomic mass is 9.90. The Bertz CT molecular complexity index is 454. The number of anilines is 1. The fourth-order valence-corrected chi connectivity index (χ4v) is 2.52. The van der Waals surface area contributed by atoms with Gasteiger partial charge in [0, 0.05) is 11.2 Å². The number of carbonyl (C=O) groups is 1. The minimum Gasteiger partial charge on any atom is -0.324 e. The topological polar surface area (TPSA) is 41.1 Å². The monoisotopic (exact) mass is 246 g/mol. The number of hydrogen-bond acceptors (Lipinski definition) is 2. The van der Waals surface area contributed by atoms with Crippen LogP contribution in [0.1, 0.15) is 39.7 Å². The van der Waals surface area contributed by atoms with Gasteiger partial charge in [0.15, 0.2) is 0 Å². The maximum atomic E-state index is 12.3. The lowest BCUT2D eigenvalue weighted by Gasteiger charge is -2.31. The SMILES string of the molecule is CC[C@H](C)[C@@H]1NC(C)(C)c2ccccc2NC1=O. The van der Waals surface area contributed by atoms with Gasteiger partial charge in [-0.15, -0.1) is 0 Å². The number of carbonyl (C=O) groups excluding carboxylic acids is 1. The van der Waals surface area contributed by atoms with E-state index in [2.05, 4.69) is 44.4 Å². The van der Waals surface area contributed by atoms with Crippen LogP contribution in [0.3, 0.4) is 0 Å². The highest BCUT2D eigenvalue weighted by molar-refractivity contribution is 5.96. The molecule has 0 saturated carbocycles. The number of hydrogen-bond donors (Lipinski definition) is 2. The van der Waals surface area contributed by atoms with Crippen LogP contribution >= 0.6 is 0 Å². The number of benzene rings is 1. The zero-order valence-electron chi connectivity index (χ0n) is 11.6. The smallest absolute Gasteiger partial charge is 0.241 e. The summed E-state index contributed by atoms with van der Waals surface area (Å²) in [6.45, 7) is 8.48. The van der Waals surface area contributed by atoms with E-state index in [9.17, 15) is 4.79 Å². The van der Waals surface area contributed by atoms with Gasteiger partial charge in [-0.2, -0.15) is 0 Å². The van der Waals surface area contributed by atoms with Crippen LogP contribution in [0.5, 0.6) is 0 Å². The minimum atomic E-state index is -0.205. The van der Waals surface area contributed by atoms with Crippen molar-refractivity contribution in [2.24, 2.45) is 5.92 Å². The third kappa shape index (κ3) is 2.27. The molecule has 1 amide bonds. The minimum absolute atomic E-state index is 0.0716. The molecule has 18 heavy (non-hydrogen) atoms. The highest BCUT2D eigenvalue weighted by Gasteiger charge is 2.35. The maximum Gasteiger partial charge on any atom is 0.241 e. The number of amides is 1. The highest BCUT2D eigenvalue weighted by Crippen LogP contribution is 2.32. The summed E-state index contributed by atoms with van der Waals surface area (Å²) in [5.74, 6) is 0.390. The Morgan fingerprint density at radius 1 is 1.33 bits per heavy atom. The first kappa shape index (κ1) is 13.1. The number of nitrogens with one attached hydrogen (secondary N) is 2. The van der Waals surface area contributed by atoms with Crippen molar-refractivity contribution in [1.82, 2.24) is 5.32 Å². The van der Waals surface area contributed by atoms with Crippen LogP contribution in [0, 0.1) is 5.92 Å². The molecule has 98 valence electrons. The van der Waals surface area contributed by atoms with Gasteiger partial charge in [-0.05, 0) is 31.4 Å². The average Bonchev–Trinajstić information content (AvgIpc) is 2.44. The molecule has 1 aromatic carbocycles. The number of rotatable bonds is 2. The first-order valence-electron chi connectivity index (χ1n) is 6.63. The summed E-state index contributed by atoms with van der Waals surface area (Å²) in [4.78, 5) is 12.3. The molecule has 0 unspecified atom stereocenters. The van der Waals surface area contributed by atoms with Crippen LogP contribution in [-0.4, -0.2) is 11.9 Å². The van der Waals surface area contributed by atoms with Crippen molar-refractivity contribution in [3.8, 4) is 0 Å². The summed E-state index contributed by atoms with van der Waals surface area (Å²) in [5, 5.41) is 6.54. The first-order valence-corrected chi connectivity index (χ1v) is 6.63. The van der Waals surface area contributed by atoms with Crippen LogP contribution in [0.25, 0.3) is 0 Å². The third-order valence-electron chi connectivity index (χ3n) is 3.87. The van der Waals surface area contributed by atoms with E-state index in [-0.39, 0.29) is 17.5 Å². The van der Waals surface area contributed by atoms with Gasteiger partial charge in [-0.25, -0.2) is 0 Å². The molecule has 0 aromatic heterocycles. The Labute approximate surface area is 109 Å². The maximum absolute atomic E-state index is 12.3. The Balaban J connectivity index is 2.42. The molecule has 2 atom stereocenters. The molecule has 1 heterocycles. The lowest BCUT2D eigenvalue weighted by molar-refractivity contribution is -0.119. The van der Waals surface area contributed by atoms with Crippen LogP contribution in [-0.2, 0) is 10.3 Å². The molecule has 0 radical (unpaired) electrons. The Morgan fingerprint density at radius 2 is 2.00 bits per heavy atom. The summed E-state index contributed by atoms with van der Waals surface area (Å²) in [6, 6.07) is 7.87. The van der Waals surface area contributed by atoms with Gasteiger partial charge >= 0.3 is 0 Å². The molecular formula is C15H22N2O. The van der Waals surface area contributed by atoms with Crippen molar-refractivity contribution in [3.05, 3.63) is 29.8 Å². The van der Waals surface area contributed by atoms with E-state index < -0.39 is 0 Å². The van der Waals surface area contributed by atoms with Crippen LogP contribution in [0.2, 0.25) is 0 Å². The molecule has 0 bridgehead atoms. The van der Waals surface area contributed by atoms with E-state index in [0.29, 0.717) is 5.92 Å². The van der Waals surface area contributed by atoms with E-state index in [0.717, 1.165) is 17.7 Å². The summed E-state index contributed by atoms with van der Waals surface area (Å²) in [5.41, 5.74) is 1.86. The average molecular weight is 246 g/mol. The van der Waals surface area contributed by atoms with Crippen molar-refractivity contribution < 1.29 is 4.79 Å². The Morgan fingerprint density at radius 3 is 2.67 bits per heavy atom. The molecule has 1 aliphatic rings. The van der Waals surface area contributed by atoms with Gasteiger partial charge in [-0.3, -0.25) is 10.1 Å². The van der Waals surface area contributed by atoms with Gasteiger partial charge < -0.3 is 5.32 Å². The molecule has 0 aliphatic carbocycles. The largest absolute Gasteiger partial charge is 0.324 e. The molecular weight excluding hydrogens is 224 g/mol. The lowest BCUT2D eigenvalue weighted by Crippen LogP contribution is -2.50. The summed E-state index contributed by atoms with van der Waals surface area (Å²) < 4.78 is 0. The van der Waals surface area contributed by atoms with Crippen molar-refractivity contribution in [1.29, 1.82) is 0 Å². The van der Waals surface area contributed by atoms with Crippen LogP contribution in [0.4, 0.5) is 5.69 Å². The van der Waals surface area contributed by atoms with Crippen molar-refractivity contribution in [2.45, 2.75) is 45.7 Å². The molecule has 2 N–H and O–H groups in total. The van der Waals surface area contributed by atoms with E-state index >= 15 is 0 Å². The van der Waals surface area contributed by atoms with Crippen LogP contribution < -0.4 is 10.6 Å². The standard InChI is InChI=1S/C15H22N2O/c1-5-10(2)13-14(18)16-12-9-7-6-8-11(12)15(3,4)17-13/h6-10,13,17H,5H2,1-4H3,(H,16,18)/t10-,13-/m0/s1. The summed E-state index contributed by atoms with van der Waals surface area (Å²) in [7, 11) is 0. The third-order valence-corrected chi connectivity index (χ3v) is 3.87. The predicted molar refractivity (Wildman–Crippen MR) is 74.5 cm³/mol. The molecule has 0 saturated heterocycles. The molecule has 3 nitrogen and oxygen atoms in total. The molecule has 1 aliphatic heterocycles. The second-order valence-corrected chi connectivity index (χ2v) is 5.67. The Hall–Kier alpha value is -1.35. The van der Waals surface area contributed by atoms with E-state index in [1.54, 1.807) is 0 Å². The fourth-order valence-electron chi connectivity index (χ4n) is 2.52. The Kier molecular flexibility index (Phi) is 3.44. The van der Waals surface area contributed by atoms with Crippen molar-refractivity contribution in [2.75, 3.05) is 5.32 Å². The van der Waals surface area contributed by atoms with Gasteiger partial charge in [0.25, 0.3) is 0 Å².